The Bertz CT molecular complexity index is 857. The van der Waals surface area contributed by atoms with Gasteiger partial charge >= 0.3 is 5.97 Å². The molecular formula is C23H30FN3O3. The molecule has 0 radical (unpaired) electrons. The summed E-state index contributed by atoms with van der Waals surface area (Å²) in [6.07, 6.45) is 5.39. The Morgan fingerprint density at radius 1 is 1.17 bits per heavy atom. The van der Waals surface area contributed by atoms with Crippen molar-refractivity contribution >= 4 is 11.9 Å². The van der Waals surface area contributed by atoms with Crippen LogP contribution in [0.1, 0.15) is 55.5 Å². The molecule has 1 aliphatic carbocycles. The van der Waals surface area contributed by atoms with Crippen LogP contribution in [0.5, 0.6) is 0 Å². The molecule has 0 bridgehead atoms. The van der Waals surface area contributed by atoms with Crippen LogP contribution in [0.3, 0.4) is 0 Å². The van der Waals surface area contributed by atoms with Gasteiger partial charge in [0, 0.05) is 18.3 Å². The maximum absolute atomic E-state index is 13.2. The van der Waals surface area contributed by atoms with Crippen LogP contribution < -0.4 is 0 Å². The third-order valence-electron chi connectivity index (χ3n) is 5.59. The Morgan fingerprint density at radius 2 is 1.87 bits per heavy atom. The van der Waals surface area contributed by atoms with E-state index in [0.29, 0.717) is 13.1 Å². The van der Waals surface area contributed by atoms with Gasteiger partial charge in [-0.05, 0) is 50.5 Å². The molecule has 7 heteroatoms. The van der Waals surface area contributed by atoms with Crippen molar-refractivity contribution in [3.8, 4) is 0 Å². The lowest BCUT2D eigenvalue weighted by Gasteiger charge is -2.34. The number of halogens is 1. The van der Waals surface area contributed by atoms with Crippen molar-refractivity contribution in [3.63, 3.8) is 0 Å². The van der Waals surface area contributed by atoms with Crippen molar-refractivity contribution < 1.29 is 18.7 Å². The second-order valence-electron chi connectivity index (χ2n) is 8.00. The second kappa shape index (κ2) is 10.4. The summed E-state index contributed by atoms with van der Waals surface area (Å²) in [5.74, 6) is -0.919. The molecule has 30 heavy (non-hydrogen) atoms. The highest BCUT2D eigenvalue weighted by molar-refractivity contribution is 5.81. The summed E-state index contributed by atoms with van der Waals surface area (Å²) in [6.45, 7) is 4.39. The molecular weight excluding hydrogens is 385 g/mol. The SMILES string of the molecule is Cc1cc(C)n(CCC(=O)OCC(=O)N(Cc2ccc(F)cc2)C2CCCCC2)n1. The van der Waals surface area contributed by atoms with Crippen molar-refractivity contribution in [2.45, 2.75) is 71.5 Å². The van der Waals surface area contributed by atoms with Crippen molar-refractivity contribution in [1.29, 1.82) is 0 Å². The number of esters is 1. The topological polar surface area (TPSA) is 64.4 Å². The van der Waals surface area contributed by atoms with E-state index < -0.39 is 5.97 Å². The number of rotatable bonds is 8. The van der Waals surface area contributed by atoms with Crippen molar-refractivity contribution in [2.75, 3.05) is 6.61 Å². The van der Waals surface area contributed by atoms with E-state index in [1.165, 1.54) is 18.6 Å². The summed E-state index contributed by atoms with van der Waals surface area (Å²) in [4.78, 5) is 26.9. The zero-order valence-electron chi connectivity index (χ0n) is 17.8. The number of aromatic nitrogens is 2. The minimum Gasteiger partial charge on any atom is -0.456 e. The van der Waals surface area contributed by atoms with Crippen LogP contribution >= 0.6 is 0 Å². The third-order valence-corrected chi connectivity index (χ3v) is 5.59. The lowest BCUT2D eigenvalue weighted by molar-refractivity contribution is -0.153. The molecule has 2 aromatic rings. The van der Waals surface area contributed by atoms with Gasteiger partial charge < -0.3 is 9.64 Å². The fraction of sp³-hybridized carbons (Fsp3) is 0.522. The highest BCUT2D eigenvalue weighted by atomic mass is 19.1. The zero-order valence-corrected chi connectivity index (χ0v) is 17.8. The normalized spacial score (nSPS) is 14.5. The highest BCUT2D eigenvalue weighted by Gasteiger charge is 2.26. The largest absolute Gasteiger partial charge is 0.456 e. The predicted molar refractivity (Wildman–Crippen MR) is 111 cm³/mol. The summed E-state index contributed by atoms with van der Waals surface area (Å²) in [6, 6.07) is 8.27. The third kappa shape index (κ3) is 6.15. The fourth-order valence-corrected chi connectivity index (χ4v) is 4.00. The van der Waals surface area contributed by atoms with Crippen LogP contribution in [0.4, 0.5) is 4.39 Å². The molecule has 162 valence electrons. The van der Waals surface area contributed by atoms with Crippen molar-refractivity contribution in [3.05, 3.63) is 53.1 Å². The van der Waals surface area contributed by atoms with Crippen LogP contribution in [0.25, 0.3) is 0 Å². The van der Waals surface area contributed by atoms with E-state index in [1.54, 1.807) is 21.7 Å². The molecule has 0 saturated heterocycles. The minimum atomic E-state index is -0.415. The highest BCUT2D eigenvalue weighted by Crippen LogP contribution is 2.24. The number of carbonyl (C=O) groups excluding carboxylic acids is 2. The molecule has 6 nitrogen and oxygen atoms in total. The number of amides is 1. The van der Waals surface area contributed by atoms with Gasteiger partial charge in [-0.2, -0.15) is 5.10 Å². The van der Waals surface area contributed by atoms with Gasteiger partial charge in [-0.3, -0.25) is 14.3 Å². The Labute approximate surface area is 177 Å². The lowest BCUT2D eigenvalue weighted by atomic mass is 9.93. The standard InChI is InChI=1S/C23H30FN3O3/c1-17-14-18(2)27(25-17)13-12-23(29)30-16-22(28)26(21-6-4-3-5-7-21)15-19-8-10-20(24)11-9-19/h8-11,14,21H,3-7,12-13,15-16H2,1-2H3. The van der Waals surface area contributed by atoms with Crippen LogP contribution in [0.2, 0.25) is 0 Å². The lowest BCUT2D eigenvalue weighted by Crippen LogP contribution is -2.43. The van der Waals surface area contributed by atoms with Gasteiger partial charge in [-0.15, -0.1) is 0 Å². The number of nitrogens with zero attached hydrogens (tertiary/aromatic N) is 3. The quantitative estimate of drug-likeness (QED) is 0.613. The first-order valence-electron chi connectivity index (χ1n) is 10.6. The van der Waals surface area contributed by atoms with E-state index in [0.717, 1.165) is 42.6 Å². The first-order valence-corrected chi connectivity index (χ1v) is 10.6. The molecule has 1 amide bonds. The molecule has 3 rings (SSSR count). The maximum Gasteiger partial charge on any atom is 0.308 e. The summed E-state index contributed by atoms with van der Waals surface area (Å²) in [5.41, 5.74) is 2.75. The Kier molecular flexibility index (Phi) is 7.60. The molecule has 0 aliphatic heterocycles. The van der Waals surface area contributed by atoms with Gasteiger partial charge in [0.15, 0.2) is 6.61 Å². The number of aryl methyl sites for hydroxylation is 3. The molecule has 1 heterocycles. The average molecular weight is 416 g/mol. The van der Waals surface area contributed by atoms with Gasteiger partial charge in [-0.25, -0.2) is 4.39 Å². The Morgan fingerprint density at radius 3 is 2.50 bits per heavy atom. The molecule has 1 aromatic carbocycles. The van der Waals surface area contributed by atoms with Crippen LogP contribution in [0, 0.1) is 19.7 Å². The molecule has 0 atom stereocenters. The van der Waals surface area contributed by atoms with Crippen LogP contribution in [-0.2, 0) is 27.4 Å². The maximum atomic E-state index is 13.2. The van der Waals surface area contributed by atoms with Gasteiger partial charge in [0.1, 0.15) is 5.82 Å². The number of hydrogen-bond acceptors (Lipinski definition) is 4. The molecule has 1 fully saturated rings. The minimum absolute atomic E-state index is 0.129. The summed E-state index contributed by atoms with van der Waals surface area (Å²) < 4.78 is 20.3. The van der Waals surface area contributed by atoms with E-state index in [2.05, 4.69) is 5.10 Å². The van der Waals surface area contributed by atoms with E-state index >= 15 is 0 Å². The zero-order chi connectivity index (χ0) is 21.5. The van der Waals surface area contributed by atoms with Gasteiger partial charge in [0.05, 0.1) is 18.7 Å². The van der Waals surface area contributed by atoms with E-state index in [-0.39, 0.29) is 30.8 Å². The van der Waals surface area contributed by atoms with Crippen molar-refractivity contribution in [1.82, 2.24) is 14.7 Å². The molecule has 1 saturated carbocycles. The average Bonchev–Trinajstić information content (AvgIpc) is 3.07. The summed E-state index contributed by atoms with van der Waals surface area (Å²) in [7, 11) is 0. The first kappa shape index (κ1) is 22.0. The fourth-order valence-electron chi connectivity index (χ4n) is 4.00. The monoisotopic (exact) mass is 415 g/mol. The number of benzene rings is 1. The Hall–Kier alpha value is -2.70. The van der Waals surface area contributed by atoms with E-state index in [1.807, 2.05) is 19.9 Å². The van der Waals surface area contributed by atoms with E-state index in [9.17, 15) is 14.0 Å². The van der Waals surface area contributed by atoms with Crippen molar-refractivity contribution in [2.24, 2.45) is 0 Å². The first-order chi connectivity index (χ1) is 14.4. The smallest absolute Gasteiger partial charge is 0.308 e. The molecule has 0 unspecified atom stereocenters. The van der Waals surface area contributed by atoms with Gasteiger partial charge in [0.2, 0.25) is 0 Å². The molecule has 0 spiro atoms. The summed E-state index contributed by atoms with van der Waals surface area (Å²) in [5, 5.41) is 4.33. The van der Waals surface area contributed by atoms with Crippen LogP contribution in [0.15, 0.2) is 30.3 Å². The molecule has 1 aromatic heterocycles. The molecule has 1 aliphatic rings. The summed E-state index contributed by atoms with van der Waals surface area (Å²) >= 11 is 0. The number of hydrogen-bond donors (Lipinski definition) is 0. The van der Waals surface area contributed by atoms with Gasteiger partial charge in [-0.1, -0.05) is 31.4 Å². The number of carbonyl (C=O) groups is 2. The van der Waals surface area contributed by atoms with Gasteiger partial charge in [0.25, 0.3) is 5.91 Å². The van der Waals surface area contributed by atoms with E-state index in [4.69, 9.17) is 4.74 Å². The Balaban J connectivity index is 1.55. The predicted octanol–water partition coefficient (Wildman–Crippen LogP) is 3.93. The van der Waals surface area contributed by atoms with Crippen LogP contribution in [-0.4, -0.2) is 39.2 Å². The number of ether oxygens (including phenoxy) is 1. The molecule has 0 N–H and O–H groups in total. The second-order valence-corrected chi connectivity index (χ2v) is 8.00.